The van der Waals surface area contributed by atoms with Crippen molar-refractivity contribution >= 4 is 11.8 Å². The fourth-order valence-electron chi connectivity index (χ4n) is 2.05. The minimum Gasteiger partial charge on any atom is -0.379 e. The quantitative estimate of drug-likeness (QED) is 0.735. The Balaban J connectivity index is 2.78. The molecule has 2 amide bonds. The fourth-order valence-corrected chi connectivity index (χ4v) is 2.05. The van der Waals surface area contributed by atoms with E-state index in [0.717, 1.165) is 0 Å². The Morgan fingerprint density at radius 2 is 1.88 bits per heavy atom. The molecule has 0 aromatic carbocycles. The summed E-state index contributed by atoms with van der Waals surface area (Å²) in [4.78, 5) is 24.9. The third-order valence-corrected chi connectivity index (χ3v) is 3.02. The van der Waals surface area contributed by atoms with Crippen molar-refractivity contribution in [2.24, 2.45) is 17.1 Å². The molecule has 0 unspecified atom stereocenters. The van der Waals surface area contributed by atoms with E-state index >= 15 is 0 Å². The zero-order chi connectivity index (χ0) is 12.5. The number of rotatable bonds is 4. The zero-order valence-corrected chi connectivity index (χ0v) is 10.3. The van der Waals surface area contributed by atoms with E-state index in [2.05, 4.69) is 0 Å². The van der Waals surface area contributed by atoms with Crippen molar-refractivity contribution in [3.63, 3.8) is 0 Å². The summed E-state index contributed by atoms with van der Waals surface area (Å²) in [5.41, 5.74) is 4.83. The highest BCUT2D eigenvalue weighted by atomic mass is 16.5. The maximum Gasteiger partial charge on any atom is 0.240 e. The maximum atomic E-state index is 12.1. The van der Waals surface area contributed by atoms with Crippen LogP contribution in [-0.2, 0) is 14.3 Å². The van der Waals surface area contributed by atoms with Crippen LogP contribution in [-0.4, -0.2) is 43.0 Å². The average molecular weight is 228 g/mol. The second-order valence-electron chi connectivity index (χ2n) is 5.06. The molecule has 5 nitrogen and oxygen atoms in total. The minimum atomic E-state index is -0.551. The van der Waals surface area contributed by atoms with Gasteiger partial charge in [0.05, 0.1) is 18.6 Å². The maximum absolute atomic E-state index is 12.1. The van der Waals surface area contributed by atoms with E-state index in [-0.39, 0.29) is 11.8 Å². The average Bonchev–Trinajstić information content (AvgIpc) is 2.11. The Morgan fingerprint density at radius 1 is 1.38 bits per heavy atom. The lowest BCUT2D eigenvalue weighted by Crippen LogP contribution is -2.58. The summed E-state index contributed by atoms with van der Waals surface area (Å²) in [5, 5.41) is 0. The summed E-state index contributed by atoms with van der Waals surface area (Å²) in [7, 11) is 1.63. The standard InChI is InChI=1S/C11H20N2O3/c1-7(2)8(9(12)14)13(4)10(15)11(3)5-16-6-11/h7-8H,5-6H2,1-4H3,(H2,12,14)/t8-/m0/s1. The Labute approximate surface area is 95.9 Å². The van der Waals surface area contributed by atoms with E-state index in [4.69, 9.17) is 10.5 Å². The molecule has 1 rings (SSSR count). The molecule has 92 valence electrons. The number of nitrogens with zero attached hydrogens (tertiary/aromatic N) is 1. The molecule has 0 saturated carbocycles. The van der Waals surface area contributed by atoms with Gasteiger partial charge in [-0.25, -0.2) is 0 Å². The van der Waals surface area contributed by atoms with Gasteiger partial charge in [0.2, 0.25) is 11.8 Å². The Kier molecular flexibility index (Phi) is 3.57. The smallest absolute Gasteiger partial charge is 0.240 e. The van der Waals surface area contributed by atoms with Crippen LogP contribution in [0.2, 0.25) is 0 Å². The molecule has 1 aliphatic rings. The first-order valence-corrected chi connectivity index (χ1v) is 5.44. The Hall–Kier alpha value is -1.10. The highest BCUT2D eigenvalue weighted by Gasteiger charge is 2.45. The van der Waals surface area contributed by atoms with Gasteiger partial charge in [-0.05, 0) is 12.8 Å². The van der Waals surface area contributed by atoms with Crippen LogP contribution >= 0.6 is 0 Å². The lowest BCUT2D eigenvalue weighted by molar-refractivity contribution is -0.171. The molecule has 1 atom stereocenters. The van der Waals surface area contributed by atoms with Crippen molar-refractivity contribution in [3.05, 3.63) is 0 Å². The summed E-state index contributed by atoms with van der Waals surface area (Å²) >= 11 is 0. The van der Waals surface area contributed by atoms with Gasteiger partial charge in [-0.2, -0.15) is 0 Å². The third-order valence-electron chi connectivity index (χ3n) is 3.02. The second kappa shape index (κ2) is 4.41. The molecule has 1 heterocycles. The number of carbonyl (C=O) groups excluding carboxylic acids is 2. The normalized spacial score (nSPS) is 20.1. The Morgan fingerprint density at radius 3 is 2.12 bits per heavy atom. The molecule has 16 heavy (non-hydrogen) atoms. The largest absolute Gasteiger partial charge is 0.379 e. The molecule has 0 aromatic heterocycles. The van der Waals surface area contributed by atoms with Gasteiger partial charge in [0.25, 0.3) is 0 Å². The van der Waals surface area contributed by atoms with Gasteiger partial charge < -0.3 is 15.4 Å². The van der Waals surface area contributed by atoms with E-state index in [1.165, 1.54) is 4.90 Å². The summed E-state index contributed by atoms with van der Waals surface area (Å²) in [5.74, 6) is -0.526. The van der Waals surface area contributed by atoms with Crippen molar-refractivity contribution in [2.75, 3.05) is 20.3 Å². The molecule has 5 heteroatoms. The molecule has 1 aliphatic heterocycles. The number of amides is 2. The number of primary amides is 1. The van der Waals surface area contributed by atoms with E-state index in [0.29, 0.717) is 13.2 Å². The highest BCUT2D eigenvalue weighted by molar-refractivity contribution is 5.89. The molecule has 2 N–H and O–H groups in total. The summed E-state index contributed by atoms with van der Waals surface area (Å²) in [6, 6.07) is -0.551. The van der Waals surface area contributed by atoms with Crippen LogP contribution < -0.4 is 5.73 Å². The fraction of sp³-hybridized carbons (Fsp3) is 0.818. The number of hydrogen-bond donors (Lipinski definition) is 1. The first-order chi connectivity index (χ1) is 7.29. The zero-order valence-electron chi connectivity index (χ0n) is 10.3. The van der Waals surface area contributed by atoms with Crippen LogP contribution in [0.25, 0.3) is 0 Å². The summed E-state index contributed by atoms with van der Waals surface area (Å²) in [6.45, 7) is 6.42. The highest BCUT2D eigenvalue weighted by Crippen LogP contribution is 2.30. The van der Waals surface area contributed by atoms with Crippen LogP contribution in [0, 0.1) is 11.3 Å². The lowest BCUT2D eigenvalue weighted by atomic mass is 9.86. The van der Waals surface area contributed by atoms with Crippen molar-refractivity contribution in [1.29, 1.82) is 0 Å². The number of nitrogens with two attached hydrogens (primary N) is 1. The molecular weight excluding hydrogens is 208 g/mol. The topological polar surface area (TPSA) is 72.6 Å². The van der Waals surface area contributed by atoms with Gasteiger partial charge in [0, 0.05) is 7.05 Å². The van der Waals surface area contributed by atoms with Crippen molar-refractivity contribution in [1.82, 2.24) is 4.90 Å². The van der Waals surface area contributed by atoms with Crippen molar-refractivity contribution in [3.8, 4) is 0 Å². The van der Waals surface area contributed by atoms with Crippen molar-refractivity contribution in [2.45, 2.75) is 26.8 Å². The van der Waals surface area contributed by atoms with E-state index in [1.54, 1.807) is 7.05 Å². The first kappa shape index (κ1) is 13.0. The van der Waals surface area contributed by atoms with E-state index < -0.39 is 17.4 Å². The molecule has 0 radical (unpaired) electrons. The number of carbonyl (C=O) groups is 2. The second-order valence-corrected chi connectivity index (χ2v) is 5.06. The third kappa shape index (κ3) is 2.19. The number of likely N-dealkylation sites (N-methyl/N-ethyl adjacent to an activating group) is 1. The minimum absolute atomic E-state index is 0.0102. The van der Waals surface area contributed by atoms with Gasteiger partial charge >= 0.3 is 0 Å². The number of ether oxygens (including phenoxy) is 1. The lowest BCUT2D eigenvalue weighted by Gasteiger charge is -2.41. The summed E-state index contributed by atoms with van der Waals surface area (Å²) < 4.78 is 5.05. The molecule has 0 aliphatic carbocycles. The van der Waals surface area contributed by atoms with Crippen LogP contribution in [0.5, 0.6) is 0 Å². The van der Waals surface area contributed by atoms with Crippen LogP contribution in [0.15, 0.2) is 0 Å². The molecule has 1 saturated heterocycles. The molecule has 1 fully saturated rings. The first-order valence-electron chi connectivity index (χ1n) is 5.44. The predicted molar refractivity (Wildman–Crippen MR) is 59.5 cm³/mol. The monoisotopic (exact) mass is 228 g/mol. The van der Waals surface area contributed by atoms with E-state index in [1.807, 2.05) is 20.8 Å². The predicted octanol–water partition coefficient (Wildman–Crippen LogP) is -0.00880. The molecular formula is C11H20N2O3. The molecule has 0 spiro atoms. The van der Waals surface area contributed by atoms with Crippen molar-refractivity contribution < 1.29 is 14.3 Å². The molecule has 0 aromatic rings. The summed E-state index contributed by atoms with van der Waals surface area (Å²) in [6.07, 6.45) is 0. The molecule has 0 bridgehead atoms. The van der Waals surface area contributed by atoms with Gasteiger partial charge in [-0.1, -0.05) is 13.8 Å². The van der Waals surface area contributed by atoms with Gasteiger partial charge in [0.1, 0.15) is 6.04 Å². The van der Waals surface area contributed by atoms with Gasteiger partial charge in [0.15, 0.2) is 0 Å². The van der Waals surface area contributed by atoms with Crippen LogP contribution in [0.3, 0.4) is 0 Å². The van der Waals surface area contributed by atoms with Gasteiger partial charge in [-0.15, -0.1) is 0 Å². The van der Waals surface area contributed by atoms with Gasteiger partial charge in [-0.3, -0.25) is 9.59 Å². The Bertz CT molecular complexity index is 298. The van der Waals surface area contributed by atoms with E-state index in [9.17, 15) is 9.59 Å². The SMILES string of the molecule is CC(C)[C@@H](C(N)=O)N(C)C(=O)C1(C)COC1. The van der Waals surface area contributed by atoms with Crippen LogP contribution in [0.1, 0.15) is 20.8 Å². The number of hydrogen-bond acceptors (Lipinski definition) is 3. The van der Waals surface area contributed by atoms with Crippen LogP contribution in [0.4, 0.5) is 0 Å².